The molecule has 0 aromatic carbocycles. The van der Waals surface area contributed by atoms with Gasteiger partial charge in [-0.1, -0.05) is 0 Å². The predicted octanol–water partition coefficient (Wildman–Crippen LogP) is 1.83. The average Bonchev–Trinajstić information content (AvgIpc) is 2.72. The fourth-order valence-electron chi connectivity index (χ4n) is 1.34. The summed E-state index contributed by atoms with van der Waals surface area (Å²) in [6, 6.07) is 4.01. The van der Waals surface area contributed by atoms with Crippen molar-refractivity contribution < 1.29 is 9.53 Å². The molecule has 0 spiro atoms. The van der Waals surface area contributed by atoms with Crippen molar-refractivity contribution in [3.8, 4) is 0 Å². The van der Waals surface area contributed by atoms with E-state index in [1.807, 2.05) is 19.1 Å². The van der Waals surface area contributed by atoms with Crippen LogP contribution in [0.5, 0.6) is 0 Å². The number of carbonyl (C=O) groups excluding carboxylic acids is 1. The van der Waals surface area contributed by atoms with Crippen molar-refractivity contribution in [3.63, 3.8) is 0 Å². The third-order valence-electron chi connectivity index (χ3n) is 2.20. The zero-order chi connectivity index (χ0) is 12.7. The molecule has 0 aliphatic rings. The van der Waals surface area contributed by atoms with E-state index in [2.05, 4.69) is 15.9 Å². The fraction of sp³-hybridized carbons (Fsp3) is 0.545. The molecule has 1 amide bonds. The van der Waals surface area contributed by atoms with Crippen molar-refractivity contribution in [3.05, 3.63) is 20.8 Å². The highest BCUT2D eigenvalue weighted by Crippen LogP contribution is 2.23. The highest BCUT2D eigenvalue weighted by molar-refractivity contribution is 9.11. The Morgan fingerprint density at radius 2 is 2.35 bits per heavy atom. The van der Waals surface area contributed by atoms with Crippen molar-refractivity contribution >= 4 is 33.2 Å². The van der Waals surface area contributed by atoms with Crippen molar-refractivity contribution in [1.82, 2.24) is 4.90 Å². The molecule has 0 bridgehead atoms. The Bertz CT molecular complexity index is 357. The van der Waals surface area contributed by atoms with E-state index in [4.69, 9.17) is 10.5 Å². The van der Waals surface area contributed by atoms with Crippen LogP contribution in [0.25, 0.3) is 0 Å². The molecule has 17 heavy (non-hydrogen) atoms. The van der Waals surface area contributed by atoms with E-state index in [1.165, 1.54) is 0 Å². The molecule has 0 unspecified atom stereocenters. The number of rotatable bonds is 7. The van der Waals surface area contributed by atoms with Crippen molar-refractivity contribution in [2.75, 3.05) is 26.3 Å². The topological polar surface area (TPSA) is 55.6 Å². The van der Waals surface area contributed by atoms with Gasteiger partial charge in [-0.25, -0.2) is 0 Å². The third kappa shape index (κ3) is 5.16. The summed E-state index contributed by atoms with van der Waals surface area (Å²) in [4.78, 5) is 14.7. The quantitative estimate of drug-likeness (QED) is 0.780. The molecular weight excluding hydrogens is 304 g/mol. The van der Waals surface area contributed by atoms with Crippen LogP contribution in [-0.2, 0) is 16.1 Å². The monoisotopic (exact) mass is 320 g/mol. The third-order valence-corrected chi connectivity index (χ3v) is 3.81. The summed E-state index contributed by atoms with van der Waals surface area (Å²) in [5.41, 5.74) is 5.30. The normalized spacial score (nSPS) is 10.5. The molecule has 0 aliphatic carbocycles. The summed E-state index contributed by atoms with van der Waals surface area (Å²) >= 11 is 5.05. The van der Waals surface area contributed by atoms with E-state index >= 15 is 0 Å². The molecule has 0 saturated heterocycles. The van der Waals surface area contributed by atoms with E-state index in [9.17, 15) is 4.79 Å². The lowest BCUT2D eigenvalue weighted by Crippen LogP contribution is -2.33. The number of hydrogen-bond donors (Lipinski definition) is 1. The minimum absolute atomic E-state index is 0.00507. The van der Waals surface area contributed by atoms with Crippen LogP contribution in [0.2, 0.25) is 0 Å². The van der Waals surface area contributed by atoms with Crippen LogP contribution < -0.4 is 5.73 Å². The summed E-state index contributed by atoms with van der Waals surface area (Å²) in [7, 11) is 0. The van der Waals surface area contributed by atoms with E-state index in [1.54, 1.807) is 16.2 Å². The van der Waals surface area contributed by atoms with Crippen molar-refractivity contribution in [1.29, 1.82) is 0 Å². The Kier molecular flexibility index (Phi) is 6.72. The number of nitrogens with zero attached hydrogens (tertiary/aromatic N) is 1. The summed E-state index contributed by atoms with van der Waals surface area (Å²) in [5, 5.41) is 0. The zero-order valence-electron chi connectivity index (χ0n) is 9.82. The van der Waals surface area contributed by atoms with Gasteiger partial charge in [0.2, 0.25) is 5.91 Å². The smallest absolute Gasteiger partial charge is 0.248 e. The first-order chi connectivity index (χ1) is 8.17. The molecule has 1 aromatic heterocycles. The standard InChI is InChI=1S/C11H17BrN2O2S/c1-2-14(11(15)8-16-6-5-13)7-9-3-4-10(12)17-9/h3-4H,2,5-8,13H2,1H3. The maximum Gasteiger partial charge on any atom is 0.248 e. The van der Waals surface area contributed by atoms with Crippen LogP contribution in [0.4, 0.5) is 0 Å². The molecule has 96 valence electrons. The first kappa shape index (κ1) is 14.6. The zero-order valence-corrected chi connectivity index (χ0v) is 12.2. The van der Waals surface area contributed by atoms with Gasteiger partial charge in [0.1, 0.15) is 6.61 Å². The SMILES string of the molecule is CCN(Cc1ccc(Br)s1)C(=O)COCCN. The van der Waals surface area contributed by atoms with Gasteiger partial charge in [-0.2, -0.15) is 0 Å². The molecule has 1 aromatic rings. The van der Waals surface area contributed by atoms with Crippen molar-refractivity contribution in [2.45, 2.75) is 13.5 Å². The van der Waals surface area contributed by atoms with Gasteiger partial charge >= 0.3 is 0 Å². The second-order valence-electron chi connectivity index (χ2n) is 3.45. The van der Waals surface area contributed by atoms with Gasteiger partial charge in [0.15, 0.2) is 0 Å². The van der Waals surface area contributed by atoms with Crippen LogP contribution in [0.3, 0.4) is 0 Å². The lowest BCUT2D eigenvalue weighted by atomic mass is 10.4. The van der Waals surface area contributed by atoms with E-state index in [0.29, 0.717) is 26.2 Å². The number of likely N-dealkylation sites (N-methyl/N-ethyl adjacent to an activating group) is 1. The Labute approximate surface area is 114 Å². The second-order valence-corrected chi connectivity index (χ2v) is 6.00. The maximum atomic E-state index is 11.8. The molecule has 0 fully saturated rings. The number of hydrogen-bond acceptors (Lipinski definition) is 4. The molecule has 0 atom stereocenters. The number of ether oxygens (including phenoxy) is 1. The summed E-state index contributed by atoms with van der Waals surface area (Å²) in [6.07, 6.45) is 0. The molecule has 0 aliphatic heterocycles. The second kappa shape index (κ2) is 7.81. The molecule has 1 heterocycles. The first-order valence-corrected chi connectivity index (χ1v) is 7.08. The lowest BCUT2D eigenvalue weighted by Gasteiger charge is -2.19. The molecular formula is C11H17BrN2O2S. The highest BCUT2D eigenvalue weighted by Gasteiger charge is 2.12. The van der Waals surface area contributed by atoms with Crippen LogP contribution in [-0.4, -0.2) is 37.1 Å². The molecule has 1 rings (SSSR count). The molecule has 0 radical (unpaired) electrons. The molecule has 2 N–H and O–H groups in total. The molecule has 6 heteroatoms. The maximum absolute atomic E-state index is 11.8. The van der Waals surface area contributed by atoms with Gasteiger partial charge in [0.25, 0.3) is 0 Å². The number of amides is 1. The van der Waals surface area contributed by atoms with E-state index < -0.39 is 0 Å². The Hall–Kier alpha value is -0.430. The predicted molar refractivity (Wildman–Crippen MR) is 73.0 cm³/mol. The minimum Gasteiger partial charge on any atom is -0.370 e. The minimum atomic E-state index is 0.00507. The Morgan fingerprint density at radius 3 is 2.88 bits per heavy atom. The summed E-state index contributed by atoms with van der Waals surface area (Å²) in [6.45, 7) is 4.25. The van der Waals surface area contributed by atoms with Gasteiger partial charge in [-0.05, 0) is 35.0 Å². The van der Waals surface area contributed by atoms with E-state index in [0.717, 1.165) is 8.66 Å². The Morgan fingerprint density at radius 1 is 1.59 bits per heavy atom. The highest BCUT2D eigenvalue weighted by atomic mass is 79.9. The average molecular weight is 321 g/mol. The van der Waals surface area contributed by atoms with Gasteiger partial charge < -0.3 is 15.4 Å². The largest absolute Gasteiger partial charge is 0.370 e. The van der Waals surface area contributed by atoms with Crippen LogP contribution in [0.15, 0.2) is 15.9 Å². The van der Waals surface area contributed by atoms with Gasteiger partial charge in [-0.15, -0.1) is 11.3 Å². The van der Waals surface area contributed by atoms with Crippen LogP contribution in [0.1, 0.15) is 11.8 Å². The summed E-state index contributed by atoms with van der Waals surface area (Å²) < 4.78 is 6.23. The molecule has 4 nitrogen and oxygen atoms in total. The van der Waals surface area contributed by atoms with Crippen molar-refractivity contribution in [2.24, 2.45) is 5.73 Å². The van der Waals surface area contributed by atoms with Gasteiger partial charge in [0.05, 0.1) is 16.9 Å². The van der Waals surface area contributed by atoms with Gasteiger partial charge in [0, 0.05) is 18.0 Å². The number of halogens is 1. The van der Waals surface area contributed by atoms with Crippen LogP contribution in [0, 0.1) is 0 Å². The van der Waals surface area contributed by atoms with E-state index in [-0.39, 0.29) is 12.5 Å². The van der Waals surface area contributed by atoms with Gasteiger partial charge in [-0.3, -0.25) is 4.79 Å². The number of nitrogens with two attached hydrogens (primary N) is 1. The Balaban J connectivity index is 2.44. The number of thiophene rings is 1. The number of carbonyl (C=O) groups is 1. The lowest BCUT2D eigenvalue weighted by molar-refractivity contribution is -0.136. The first-order valence-electron chi connectivity index (χ1n) is 5.47. The fourth-order valence-corrected chi connectivity index (χ4v) is 2.83. The van der Waals surface area contributed by atoms with Crippen LogP contribution >= 0.6 is 27.3 Å². The summed E-state index contributed by atoms with van der Waals surface area (Å²) in [5.74, 6) is 0.00507. The molecule has 0 saturated carbocycles.